The number of amides is 1. The Balaban J connectivity index is 2.15. The fourth-order valence-corrected chi connectivity index (χ4v) is 2.62. The maximum Gasteiger partial charge on any atom is 0.438 e. The van der Waals surface area contributed by atoms with Crippen LogP contribution in [0.25, 0.3) is 0 Å². The van der Waals surface area contributed by atoms with Gasteiger partial charge >= 0.3 is 6.18 Å². The highest BCUT2D eigenvalue weighted by atomic mass is 19.4. The van der Waals surface area contributed by atoms with Gasteiger partial charge in [-0.15, -0.1) is 0 Å². The van der Waals surface area contributed by atoms with E-state index in [0.717, 1.165) is 11.1 Å². The monoisotopic (exact) mass is 386 g/mol. The fourth-order valence-electron chi connectivity index (χ4n) is 2.62. The number of benzene rings is 1. The van der Waals surface area contributed by atoms with E-state index in [0.29, 0.717) is 12.2 Å². The molecule has 0 saturated carbocycles. The molecular formula is C19H25F3N2O3. The van der Waals surface area contributed by atoms with E-state index < -0.39 is 30.8 Å². The van der Waals surface area contributed by atoms with Gasteiger partial charge in [0.2, 0.25) is 0 Å². The van der Waals surface area contributed by atoms with E-state index >= 15 is 0 Å². The Hall–Kier alpha value is -2.22. The first kappa shape index (κ1) is 21.1. The summed E-state index contributed by atoms with van der Waals surface area (Å²) >= 11 is 0. The first-order valence-corrected chi connectivity index (χ1v) is 8.72. The largest absolute Gasteiger partial charge is 0.484 e. The van der Waals surface area contributed by atoms with Crippen LogP contribution in [-0.2, 0) is 4.79 Å². The second-order valence-electron chi connectivity index (χ2n) is 7.23. The average molecular weight is 386 g/mol. The number of nitrogens with one attached hydrogen (secondary N) is 1. The van der Waals surface area contributed by atoms with Crippen molar-refractivity contribution in [1.29, 1.82) is 0 Å². The summed E-state index contributed by atoms with van der Waals surface area (Å²) in [5, 5.41) is 10.4. The molecule has 1 aromatic rings. The number of alkyl halides is 3. The number of aliphatic hydroxyl groups is 1. The molecule has 0 radical (unpaired) electrons. The van der Waals surface area contributed by atoms with Crippen LogP contribution in [0.4, 0.5) is 13.2 Å². The quantitative estimate of drug-likeness (QED) is 0.812. The third-order valence-corrected chi connectivity index (χ3v) is 4.44. The Kier molecular flexibility index (Phi) is 6.09. The summed E-state index contributed by atoms with van der Waals surface area (Å²) in [5.74, 6) is -0.408. The second-order valence-corrected chi connectivity index (χ2v) is 7.23. The molecule has 0 spiro atoms. The Morgan fingerprint density at radius 1 is 1.37 bits per heavy atom. The lowest BCUT2D eigenvalue weighted by molar-refractivity contribution is -0.304. The smallest absolute Gasteiger partial charge is 0.438 e. The van der Waals surface area contributed by atoms with Crippen molar-refractivity contribution < 1.29 is 27.8 Å². The topological polar surface area (TPSA) is 61.8 Å². The van der Waals surface area contributed by atoms with Crippen LogP contribution in [-0.4, -0.2) is 34.5 Å². The summed E-state index contributed by atoms with van der Waals surface area (Å²) in [6.07, 6.45) is -3.65. The molecule has 0 bridgehead atoms. The van der Waals surface area contributed by atoms with Crippen LogP contribution in [0, 0.1) is 19.8 Å². The van der Waals surface area contributed by atoms with Crippen molar-refractivity contribution in [3.8, 4) is 5.75 Å². The van der Waals surface area contributed by atoms with Crippen LogP contribution in [0.3, 0.4) is 0 Å². The SMILES string of the molecule is Cc1ccc(OCC(=O)N2N/C(=C\CC(C)C)C[C@]2(O)C(F)(F)F)cc1C. The van der Waals surface area contributed by atoms with Gasteiger partial charge in [-0.2, -0.15) is 13.2 Å². The van der Waals surface area contributed by atoms with Gasteiger partial charge in [-0.1, -0.05) is 26.0 Å². The van der Waals surface area contributed by atoms with Crippen LogP contribution < -0.4 is 10.2 Å². The highest BCUT2D eigenvalue weighted by Crippen LogP contribution is 2.41. The van der Waals surface area contributed by atoms with Crippen molar-refractivity contribution in [2.45, 2.75) is 52.4 Å². The predicted octanol–water partition coefficient (Wildman–Crippen LogP) is 3.60. The second kappa shape index (κ2) is 7.80. The zero-order valence-corrected chi connectivity index (χ0v) is 15.9. The van der Waals surface area contributed by atoms with Crippen molar-refractivity contribution in [2.75, 3.05) is 6.61 Å². The molecule has 1 aromatic carbocycles. The zero-order chi connectivity index (χ0) is 20.4. The summed E-state index contributed by atoms with van der Waals surface area (Å²) in [6, 6.07) is 5.13. The number of rotatable bonds is 5. The third kappa shape index (κ3) is 4.74. The molecule has 1 fully saturated rings. The van der Waals surface area contributed by atoms with E-state index in [1.165, 1.54) is 0 Å². The summed E-state index contributed by atoms with van der Waals surface area (Å²) < 4.78 is 45.6. The lowest BCUT2D eigenvalue weighted by Crippen LogP contribution is -2.60. The van der Waals surface area contributed by atoms with Gasteiger partial charge in [0.15, 0.2) is 6.61 Å². The molecule has 1 amide bonds. The standard InChI is InChI=1S/C19H25F3N2O3/c1-12(2)5-7-15-10-18(26,19(20,21)22)24(23-15)17(25)11-27-16-8-6-13(3)14(4)9-16/h6-9,12,23,26H,5,10-11H2,1-4H3/b15-7-/t18-/m0/s1. The molecule has 1 aliphatic heterocycles. The van der Waals surface area contributed by atoms with E-state index in [1.807, 2.05) is 27.7 Å². The minimum Gasteiger partial charge on any atom is -0.484 e. The Bertz CT molecular complexity index is 731. The first-order chi connectivity index (χ1) is 12.4. The molecule has 1 heterocycles. The number of nitrogens with zero attached hydrogens (tertiary/aromatic N) is 1. The molecule has 2 N–H and O–H groups in total. The van der Waals surface area contributed by atoms with E-state index in [1.54, 1.807) is 24.3 Å². The summed E-state index contributed by atoms with van der Waals surface area (Å²) in [5.41, 5.74) is 1.21. The number of hydrogen-bond donors (Lipinski definition) is 2. The molecule has 8 heteroatoms. The lowest BCUT2D eigenvalue weighted by atomic mass is 10.1. The summed E-state index contributed by atoms with van der Waals surface area (Å²) in [4.78, 5) is 12.4. The third-order valence-electron chi connectivity index (χ3n) is 4.44. The van der Waals surface area contributed by atoms with Gasteiger partial charge in [0.05, 0.1) is 0 Å². The number of carbonyl (C=O) groups is 1. The van der Waals surface area contributed by atoms with Crippen molar-refractivity contribution >= 4 is 5.91 Å². The number of hydrogen-bond acceptors (Lipinski definition) is 4. The summed E-state index contributed by atoms with van der Waals surface area (Å²) in [7, 11) is 0. The van der Waals surface area contributed by atoms with Gasteiger partial charge in [-0.25, -0.2) is 5.01 Å². The summed E-state index contributed by atoms with van der Waals surface area (Å²) in [6.45, 7) is 6.98. The predicted molar refractivity (Wildman–Crippen MR) is 94.6 cm³/mol. The normalized spacial score (nSPS) is 21.7. The average Bonchev–Trinajstić information content (AvgIpc) is 2.92. The van der Waals surface area contributed by atoms with Crippen LogP contribution >= 0.6 is 0 Å². The zero-order valence-electron chi connectivity index (χ0n) is 15.9. The highest BCUT2D eigenvalue weighted by Gasteiger charge is 2.63. The van der Waals surface area contributed by atoms with Gasteiger partial charge in [0.1, 0.15) is 5.75 Å². The Morgan fingerprint density at radius 2 is 2.04 bits per heavy atom. The van der Waals surface area contributed by atoms with Gasteiger partial charge in [0.25, 0.3) is 11.6 Å². The van der Waals surface area contributed by atoms with Gasteiger partial charge in [-0.05, 0) is 49.4 Å². The molecule has 0 aliphatic carbocycles. The maximum atomic E-state index is 13.4. The number of halogens is 3. The van der Waals surface area contributed by atoms with E-state index in [2.05, 4.69) is 5.43 Å². The molecule has 0 aromatic heterocycles. The van der Waals surface area contributed by atoms with E-state index in [4.69, 9.17) is 4.74 Å². The fraction of sp³-hybridized carbons (Fsp3) is 0.526. The molecule has 1 saturated heterocycles. The number of hydrazine groups is 1. The van der Waals surface area contributed by atoms with Crippen LogP contribution in [0.2, 0.25) is 0 Å². The number of allylic oxidation sites excluding steroid dienone is 1. The van der Waals surface area contributed by atoms with Crippen LogP contribution in [0.1, 0.15) is 37.8 Å². The molecule has 150 valence electrons. The minimum atomic E-state index is -5.01. The van der Waals surface area contributed by atoms with Gasteiger partial charge in [-0.3, -0.25) is 10.2 Å². The Morgan fingerprint density at radius 3 is 2.59 bits per heavy atom. The number of carbonyl (C=O) groups excluding carboxylic acids is 1. The molecule has 2 rings (SSSR count). The highest BCUT2D eigenvalue weighted by molar-refractivity contribution is 5.78. The maximum absolute atomic E-state index is 13.4. The van der Waals surface area contributed by atoms with Gasteiger partial charge < -0.3 is 9.84 Å². The number of aryl methyl sites for hydroxylation is 2. The molecular weight excluding hydrogens is 361 g/mol. The molecule has 27 heavy (non-hydrogen) atoms. The molecule has 0 unspecified atom stereocenters. The van der Waals surface area contributed by atoms with Crippen molar-refractivity contribution in [1.82, 2.24) is 10.4 Å². The van der Waals surface area contributed by atoms with Crippen LogP contribution in [0.15, 0.2) is 30.0 Å². The minimum absolute atomic E-state index is 0.156. The van der Waals surface area contributed by atoms with Crippen LogP contribution in [0.5, 0.6) is 5.75 Å². The van der Waals surface area contributed by atoms with Crippen molar-refractivity contribution in [2.24, 2.45) is 5.92 Å². The molecule has 1 atom stereocenters. The molecule has 5 nitrogen and oxygen atoms in total. The number of ether oxygens (including phenoxy) is 1. The molecule has 1 aliphatic rings. The Labute approximate surface area is 156 Å². The van der Waals surface area contributed by atoms with Crippen molar-refractivity contribution in [3.05, 3.63) is 41.1 Å². The van der Waals surface area contributed by atoms with E-state index in [-0.39, 0.29) is 16.6 Å². The van der Waals surface area contributed by atoms with Crippen molar-refractivity contribution in [3.63, 3.8) is 0 Å². The van der Waals surface area contributed by atoms with Gasteiger partial charge in [0, 0.05) is 12.1 Å². The van der Waals surface area contributed by atoms with E-state index in [9.17, 15) is 23.1 Å². The first-order valence-electron chi connectivity index (χ1n) is 8.72. The lowest BCUT2D eigenvalue weighted by Gasteiger charge is -2.33.